The van der Waals surface area contributed by atoms with E-state index in [1.165, 1.54) is 38.9 Å². The number of carbonyl (C=O) groups is 1. The molecule has 3 aromatic rings. The SMILES string of the molecule is C=CCN(C(=O)Cn1cc(S(=O)(=O)N(CC)CC)ccc1=O)c1nc(-c2ccccc2)cs1. The molecule has 0 atom stereocenters. The average Bonchev–Trinajstić information content (AvgIpc) is 3.30. The van der Waals surface area contributed by atoms with Crippen LogP contribution in [0.3, 0.4) is 0 Å². The Hall–Kier alpha value is -3.08. The summed E-state index contributed by atoms with van der Waals surface area (Å²) < 4.78 is 28.1. The molecular formula is C23H26N4O4S2. The van der Waals surface area contributed by atoms with Crippen molar-refractivity contribution in [1.82, 2.24) is 13.9 Å². The molecule has 0 aliphatic rings. The van der Waals surface area contributed by atoms with Gasteiger partial charge in [0.15, 0.2) is 5.13 Å². The second kappa shape index (κ2) is 10.7. The summed E-state index contributed by atoms with van der Waals surface area (Å²) in [6, 6.07) is 12.0. The first kappa shape index (κ1) is 24.6. The minimum atomic E-state index is -3.76. The Morgan fingerprint density at radius 3 is 2.48 bits per heavy atom. The van der Waals surface area contributed by atoms with E-state index in [1.807, 2.05) is 35.7 Å². The maximum atomic E-state index is 13.1. The van der Waals surface area contributed by atoms with E-state index in [2.05, 4.69) is 11.6 Å². The average molecular weight is 487 g/mol. The first-order valence-electron chi connectivity index (χ1n) is 10.4. The highest BCUT2D eigenvalue weighted by Gasteiger charge is 2.24. The number of aromatic nitrogens is 2. The highest BCUT2D eigenvalue weighted by atomic mass is 32.2. The predicted molar refractivity (Wildman–Crippen MR) is 131 cm³/mol. The molecule has 0 saturated carbocycles. The van der Waals surface area contributed by atoms with E-state index < -0.39 is 21.5 Å². The smallest absolute Gasteiger partial charge is 0.251 e. The molecular weight excluding hydrogens is 460 g/mol. The molecule has 0 saturated heterocycles. The zero-order chi connectivity index (χ0) is 24.0. The number of pyridine rings is 1. The lowest BCUT2D eigenvalue weighted by atomic mass is 10.2. The fourth-order valence-electron chi connectivity index (χ4n) is 3.27. The zero-order valence-electron chi connectivity index (χ0n) is 18.5. The second-order valence-corrected chi connectivity index (χ2v) is 9.87. The van der Waals surface area contributed by atoms with E-state index in [4.69, 9.17) is 0 Å². The zero-order valence-corrected chi connectivity index (χ0v) is 20.2. The summed E-state index contributed by atoms with van der Waals surface area (Å²) in [5.74, 6) is -0.400. The van der Waals surface area contributed by atoms with Crippen molar-refractivity contribution >= 4 is 32.4 Å². The van der Waals surface area contributed by atoms with Crippen molar-refractivity contribution in [1.29, 1.82) is 0 Å². The maximum Gasteiger partial charge on any atom is 0.251 e. The highest BCUT2D eigenvalue weighted by Crippen LogP contribution is 2.27. The maximum absolute atomic E-state index is 13.1. The molecule has 0 spiro atoms. The van der Waals surface area contributed by atoms with Crippen molar-refractivity contribution in [2.75, 3.05) is 24.5 Å². The van der Waals surface area contributed by atoms with Gasteiger partial charge in [-0.1, -0.05) is 50.3 Å². The number of anilines is 1. The van der Waals surface area contributed by atoms with E-state index in [9.17, 15) is 18.0 Å². The molecule has 3 rings (SSSR count). The minimum absolute atomic E-state index is 0.0329. The van der Waals surface area contributed by atoms with E-state index in [0.29, 0.717) is 18.2 Å². The molecule has 0 aliphatic heterocycles. The number of hydrogen-bond acceptors (Lipinski definition) is 6. The van der Waals surface area contributed by atoms with Crippen LogP contribution < -0.4 is 10.5 Å². The van der Waals surface area contributed by atoms with E-state index in [1.54, 1.807) is 19.9 Å². The van der Waals surface area contributed by atoms with Gasteiger partial charge in [-0.25, -0.2) is 13.4 Å². The van der Waals surface area contributed by atoms with Crippen molar-refractivity contribution in [3.05, 3.63) is 77.1 Å². The summed E-state index contributed by atoms with van der Waals surface area (Å²) in [7, 11) is -3.76. The van der Waals surface area contributed by atoms with Crippen LogP contribution in [0.5, 0.6) is 0 Å². The Morgan fingerprint density at radius 1 is 1.15 bits per heavy atom. The monoisotopic (exact) mass is 486 g/mol. The lowest BCUT2D eigenvalue weighted by Gasteiger charge is -2.20. The molecule has 2 heterocycles. The van der Waals surface area contributed by atoms with Crippen LogP contribution in [0.15, 0.2) is 76.4 Å². The normalized spacial score (nSPS) is 11.5. The van der Waals surface area contributed by atoms with Gasteiger partial charge in [0.05, 0.1) is 10.6 Å². The van der Waals surface area contributed by atoms with Crippen LogP contribution in [0.4, 0.5) is 5.13 Å². The molecule has 0 fully saturated rings. The second-order valence-electron chi connectivity index (χ2n) is 7.09. The molecule has 1 aromatic carbocycles. The van der Waals surface area contributed by atoms with Gasteiger partial charge < -0.3 is 4.57 Å². The van der Waals surface area contributed by atoms with Crippen LogP contribution in [-0.2, 0) is 21.4 Å². The summed E-state index contributed by atoms with van der Waals surface area (Å²) in [5.41, 5.74) is 1.20. The van der Waals surface area contributed by atoms with Crippen LogP contribution in [0.1, 0.15) is 13.8 Å². The van der Waals surface area contributed by atoms with Gasteiger partial charge in [-0.15, -0.1) is 17.9 Å². The predicted octanol–water partition coefficient (Wildman–Crippen LogP) is 3.22. The quantitative estimate of drug-likeness (QED) is 0.410. The summed E-state index contributed by atoms with van der Waals surface area (Å²) in [5, 5.41) is 2.33. The molecule has 0 bridgehead atoms. The third-order valence-electron chi connectivity index (χ3n) is 5.01. The van der Waals surface area contributed by atoms with Crippen LogP contribution >= 0.6 is 11.3 Å². The van der Waals surface area contributed by atoms with Crippen LogP contribution in [0.2, 0.25) is 0 Å². The van der Waals surface area contributed by atoms with Crippen molar-refractivity contribution < 1.29 is 13.2 Å². The Morgan fingerprint density at radius 2 is 1.85 bits per heavy atom. The Labute approximate surface area is 197 Å². The number of carbonyl (C=O) groups excluding carboxylic acids is 1. The molecule has 0 aliphatic carbocycles. The summed E-state index contributed by atoms with van der Waals surface area (Å²) in [4.78, 5) is 31.5. The number of hydrogen-bond donors (Lipinski definition) is 0. The molecule has 2 aromatic heterocycles. The summed E-state index contributed by atoms with van der Waals surface area (Å²) in [6.07, 6.45) is 2.79. The third-order valence-corrected chi connectivity index (χ3v) is 7.91. The first-order valence-corrected chi connectivity index (χ1v) is 12.8. The molecule has 0 radical (unpaired) electrons. The Bertz CT molecular complexity index is 1280. The highest BCUT2D eigenvalue weighted by molar-refractivity contribution is 7.89. The van der Waals surface area contributed by atoms with Crippen molar-refractivity contribution in [3.63, 3.8) is 0 Å². The Balaban J connectivity index is 1.89. The summed E-state index contributed by atoms with van der Waals surface area (Å²) >= 11 is 1.31. The fraction of sp³-hybridized carbons (Fsp3) is 0.261. The third kappa shape index (κ3) is 5.47. The number of nitrogens with zero attached hydrogens (tertiary/aromatic N) is 4. The van der Waals surface area contributed by atoms with Gasteiger partial charge in [-0.05, 0) is 6.07 Å². The number of rotatable bonds is 10. The van der Waals surface area contributed by atoms with E-state index in [0.717, 1.165) is 15.8 Å². The van der Waals surface area contributed by atoms with Gasteiger partial charge in [0, 0.05) is 42.8 Å². The van der Waals surface area contributed by atoms with Crippen molar-refractivity contribution in [3.8, 4) is 11.3 Å². The van der Waals surface area contributed by atoms with Gasteiger partial charge >= 0.3 is 0 Å². The number of amides is 1. The van der Waals surface area contributed by atoms with Gasteiger partial charge in [0.25, 0.3) is 5.56 Å². The largest absolute Gasteiger partial charge is 0.305 e. The molecule has 10 heteroatoms. The molecule has 0 unspecified atom stereocenters. The van der Waals surface area contributed by atoms with Crippen molar-refractivity contribution in [2.45, 2.75) is 25.3 Å². The number of sulfonamides is 1. The standard InChI is InChI=1S/C23H26N4O4S2/c1-4-14-27(23-24-20(17-32-23)18-10-8-7-9-11-18)22(29)16-25-15-19(12-13-21(25)28)33(30,31)26(5-2)6-3/h4,7-13,15,17H,1,5-6,14,16H2,2-3H3. The first-order chi connectivity index (χ1) is 15.8. The molecule has 33 heavy (non-hydrogen) atoms. The lowest BCUT2D eigenvalue weighted by Crippen LogP contribution is -2.37. The molecule has 8 nitrogen and oxygen atoms in total. The van der Waals surface area contributed by atoms with Gasteiger partial charge in [0.1, 0.15) is 6.54 Å². The summed E-state index contributed by atoms with van der Waals surface area (Å²) in [6.45, 7) is 7.68. The molecule has 174 valence electrons. The van der Waals surface area contributed by atoms with Gasteiger partial charge in [-0.3, -0.25) is 14.5 Å². The van der Waals surface area contributed by atoms with Crippen LogP contribution in [0, 0.1) is 0 Å². The molecule has 1 amide bonds. The number of benzene rings is 1. The minimum Gasteiger partial charge on any atom is -0.305 e. The lowest BCUT2D eigenvalue weighted by molar-refractivity contribution is -0.119. The van der Waals surface area contributed by atoms with E-state index in [-0.39, 0.29) is 18.0 Å². The van der Waals surface area contributed by atoms with Crippen LogP contribution in [-0.4, -0.2) is 47.8 Å². The van der Waals surface area contributed by atoms with Gasteiger partial charge in [0.2, 0.25) is 15.9 Å². The van der Waals surface area contributed by atoms with Gasteiger partial charge in [-0.2, -0.15) is 4.31 Å². The molecule has 0 N–H and O–H groups in total. The fourth-order valence-corrected chi connectivity index (χ4v) is 5.61. The van der Waals surface area contributed by atoms with Crippen LogP contribution in [0.25, 0.3) is 11.3 Å². The van der Waals surface area contributed by atoms with Crippen molar-refractivity contribution in [2.24, 2.45) is 0 Å². The number of thiazole rings is 1. The Kier molecular flexibility index (Phi) is 7.96. The van der Waals surface area contributed by atoms with E-state index >= 15 is 0 Å². The topological polar surface area (TPSA) is 92.6 Å².